The van der Waals surface area contributed by atoms with Gasteiger partial charge >= 0.3 is 17.9 Å². The van der Waals surface area contributed by atoms with Gasteiger partial charge in [0, 0.05) is 75.2 Å². The second kappa shape index (κ2) is 13.8. The number of imidazole rings is 1. The number of piperazine rings is 1. The van der Waals surface area contributed by atoms with Gasteiger partial charge < -0.3 is 30.1 Å². The number of halogens is 4. The van der Waals surface area contributed by atoms with E-state index in [-0.39, 0.29) is 36.8 Å². The number of alkyl halides is 3. The van der Waals surface area contributed by atoms with E-state index in [0.29, 0.717) is 50.1 Å². The summed E-state index contributed by atoms with van der Waals surface area (Å²) >= 11 is 5.99. The molecule has 2 aliphatic heterocycles. The van der Waals surface area contributed by atoms with E-state index in [2.05, 4.69) is 25.2 Å². The van der Waals surface area contributed by atoms with Gasteiger partial charge in [-0.2, -0.15) is 13.2 Å². The molecule has 7 rings (SSSR count). The molecule has 3 N–H and O–H groups in total. The number of urea groups is 1. The molecule has 0 aliphatic carbocycles. The van der Waals surface area contributed by atoms with Gasteiger partial charge in [0.25, 0.3) is 0 Å². The summed E-state index contributed by atoms with van der Waals surface area (Å²) in [5, 5.41) is 13.1. The van der Waals surface area contributed by atoms with Crippen molar-refractivity contribution < 1.29 is 27.9 Å². The number of carbonyl (C=O) groups is 2. The molecule has 0 radical (unpaired) electrons. The van der Waals surface area contributed by atoms with Gasteiger partial charge in [-0.15, -0.1) is 0 Å². The minimum atomic E-state index is -4.89. The van der Waals surface area contributed by atoms with Crippen molar-refractivity contribution in [2.75, 3.05) is 44.2 Å². The zero-order valence-electron chi connectivity index (χ0n) is 27.2. The van der Waals surface area contributed by atoms with Crippen LogP contribution in [0.3, 0.4) is 0 Å². The zero-order chi connectivity index (χ0) is 35.9. The lowest BCUT2D eigenvalue weighted by molar-refractivity contribution is -0.138. The Kier molecular flexibility index (Phi) is 9.23. The molecule has 3 amide bonds. The van der Waals surface area contributed by atoms with Crippen molar-refractivity contribution in [2.45, 2.75) is 37.5 Å². The van der Waals surface area contributed by atoms with Gasteiger partial charge in [0.2, 0.25) is 5.91 Å². The number of hydrogen-bond acceptors (Lipinski definition) is 7. The molecule has 2 aliphatic rings. The highest BCUT2D eigenvalue weighted by Gasteiger charge is 2.37. The first-order chi connectivity index (χ1) is 24.5. The van der Waals surface area contributed by atoms with E-state index in [1.54, 1.807) is 28.1 Å². The van der Waals surface area contributed by atoms with Gasteiger partial charge in [-0.05, 0) is 48.7 Å². The fraction of sp³-hybridized carbons (Fsp3) is 0.343. The highest BCUT2D eigenvalue weighted by atomic mass is 35.5. The van der Waals surface area contributed by atoms with Crippen molar-refractivity contribution in [3.63, 3.8) is 0 Å². The van der Waals surface area contributed by atoms with E-state index < -0.39 is 40.5 Å². The van der Waals surface area contributed by atoms with Crippen LogP contribution in [-0.2, 0) is 17.4 Å². The van der Waals surface area contributed by atoms with Crippen LogP contribution in [0, 0.1) is 0 Å². The van der Waals surface area contributed by atoms with Crippen molar-refractivity contribution in [3.05, 3.63) is 93.8 Å². The molecule has 0 spiro atoms. The van der Waals surface area contributed by atoms with Gasteiger partial charge in [-0.3, -0.25) is 19.3 Å². The number of para-hydroxylation sites is 1. The molecule has 2 fully saturated rings. The fourth-order valence-electron chi connectivity index (χ4n) is 7.04. The Morgan fingerprint density at radius 2 is 1.71 bits per heavy atom. The number of nitrogens with one attached hydrogen (secondary N) is 2. The monoisotopic (exact) mass is 722 g/mol. The van der Waals surface area contributed by atoms with Crippen LogP contribution < -0.4 is 15.9 Å². The minimum absolute atomic E-state index is 0.0257. The number of carbonyl (C=O) groups excluding carboxylic acids is 2. The number of benzene rings is 2. The second-order valence-corrected chi connectivity index (χ2v) is 13.2. The zero-order valence-corrected chi connectivity index (χ0v) is 28.0. The third-order valence-electron chi connectivity index (χ3n) is 9.67. The number of phenolic OH excluding ortho intramolecular Hbond substituents is 1. The summed E-state index contributed by atoms with van der Waals surface area (Å²) in [4.78, 5) is 57.5. The molecule has 1 atom stereocenters. The number of fused-ring (bicyclic) bond motifs is 3. The number of H-pyrrole nitrogens is 1. The predicted molar refractivity (Wildman–Crippen MR) is 185 cm³/mol. The second-order valence-electron chi connectivity index (χ2n) is 12.7. The predicted octanol–water partition coefficient (Wildman–Crippen LogP) is 4.96. The maximum Gasteiger partial charge on any atom is 0.420 e. The van der Waals surface area contributed by atoms with E-state index in [4.69, 9.17) is 11.6 Å². The number of aromatic hydroxyl groups is 1. The number of amides is 3. The van der Waals surface area contributed by atoms with Gasteiger partial charge in [0.15, 0.2) is 0 Å². The molecule has 2 aromatic carbocycles. The number of anilines is 1. The number of pyridine rings is 2. The number of nitrogens with zero attached hydrogens (tertiary/aromatic N) is 6. The summed E-state index contributed by atoms with van der Waals surface area (Å²) in [6.07, 6.45) is 0.738. The Morgan fingerprint density at radius 1 is 1.00 bits per heavy atom. The lowest BCUT2D eigenvalue weighted by Crippen LogP contribution is -2.57. The molecular weight excluding hydrogens is 689 g/mol. The molecule has 266 valence electrons. The van der Waals surface area contributed by atoms with Crippen molar-refractivity contribution >= 4 is 51.2 Å². The van der Waals surface area contributed by atoms with Crippen molar-refractivity contribution in [1.82, 2.24) is 34.6 Å². The molecule has 3 aromatic heterocycles. The third-order valence-corrected chi connectivity index (χ3v) is 9.95. The highest BCUT2D eigenvalue weighted by Crippen LogP contribution is 2.40. The van der Waals surface area contributed by atoms with Crippen LogP contribution >= 0.6 is 11.6 Å². The lowest BCUT2D eigenvalue weighted by Gasteiger charge is -2.38. The molecule has 16 heteroatoms. The summed E-state index contributed by atoms with van der Waals surface area (Å²) in [7, 11) is 0. The number of rotatable bonds is 6. The van der Waals surface area contributed by atoms with Crippen molar-refractivity contribution in [2.24, 2.45) is 0 Å². The van der Waals surface area contributed by atoms with E-state index in [1.807, 2.05) is 36.4 Å². The molecule has 2 saturated heterocycles. The number of hydrogen-bond donors (Lipinski definition) is 3. The van der Waals surface area contributed by atoms with E-state index in [1.165, 1.54) is 11.0 Å². The molecule has 0 unspecified atom stereocenters. The van der Waals surface area contributed by atoms with Crippen LogP contribution in [0.15, 0.2) is 71.9 Å². The van der Waals surface area contributed by atoms with E-state index in [9.17, 15) is 32.7 Å². The summed E-state index contributed by atoms with van der Waals surface area (Å²) in [5.41, 5.74) is 1.49. The Bertz CT molecular complexity index is 2140. The van der Waals surface area contributed by atoms with Gasteiger partial charge in [0.05, 0.1) is 33.3 Å². The SMILES string of the molecule is O=C(N[C@H](Cc1cc(Cl)c(O)c(C(F)(F)F)c1)C(=O)N1CCN(c2ccncc2)CC1)N1CCC(n2c(=O)[nH]c3c4ccccc4ncc32)CC1. The average molecular weight is 723 g/mol. The van der Waals surface area contributed by atoms with Crippen LogP contribution in [-0.4, -0.2) is 91.7 Å². The molecule has 0 saturated carbocycles. The van der Waals surface area contributed by atoms with E-state index >= 15 is 0 Å². The Hall–Kier alpha value is -5.31. The molecule has 12 nitrogen and oxygen atoms in total. The van der Waals surface area contributed by atoms with Gasteiger partial charge in [-0.1, -0.05) is 29.8 Å². The topological polar surface area (TPSA) is 140 Å². The molecule has 51 heavy (non-hydrogen) atoms. The highest BCUT2D eigenvalue weighted by molar-refractivity contribution is 6.32. The number of likely N-dealkylation sites (tertiary alicyclic amines) is 1. The summed E-state index contributed by atoms with van der Waals surface area (Å²) in [6, 6.07) is 11.2. The molecule has 5 aromatic rings. The third kappa shape index (κ3) is 6.89. The van der Waals surface area contributed by atoms with Gasteiger partial charge in [-0.25, -0.2) is 9.59 Å². The largest absolute Gasteiger partial charge is 0.506 e. The van der Waals surface area contributed by atoms with Crippen LogP contribution in [0.2, 0.25) is 5.02 Å². The maximum absolute atomic E-state index is 14.0. The first-order valence-electron chi connectivity index (χ1n) is 16.5. The molecule has 5 heterocycles. The minimum Gasteiger partial charge on any atom is -0.506 e. The van der Waals surface area contributed by atoms with Crippen LogP contribution in [0.1, 0.15) is 30.0 Å². The summed E-state index contributed by atoms with van der Waals surface area (Å²) in [6.45, 7) is 2.20. The Labute approximate surface area is 294 Å². The maximum atomic E-state index is 14.0. The quantitative estimate of drug-likeness (QED) is 0.225. The standard InChI is InChI=1S/C35H34ClF3N8O4/c36-26-18-21(17-25(31(26)48)35(37,38)39)19-28(32(49)45-15-13-44(14-16-45)22-5-9-40-10-6-22)42-33(50)46-11-7-23(8-12-46)47-29-20-41-27-4-2-1-3-24(27)30(29)43-34(47)51/h1-6,9-10,17-18,20,23,28,48H,7-8,11-16,19H2,(H,42,50)(H,43,51)/t28-/m1/s1. The van der Waals surface area contributed by atoms with Gasteiger partial charge in [0.1, 0.15) is 11.8 Å². The number of piperidine rings is 1. The van der Waals surface area contributed by atoms with Crippen LogP contribution in [0.4, 0.5) is 23.7 Å². The lowest BCUT2D eigenvalue weighted by atomic mass is 10.0. The Morgan fingerprint density at radius 3 is 2.41 bits per heavy atom. The summed E-state index contributed by atoms with van der Waals surface area (Å²) in [5.74, 6) is -1.55. The normalized spacial score (nSPS) is 16.5. The van der Waals surface area contributed by atoms with Crippen molar-refractivity contribution in [1.29, 1.82) is 0 Å². The molecule has 0 bridgehead atoms. The van der Waals surface area contributed by atoms with Crippen molar-refractivity contribution in [3.8, 4) is 5.75 Å². The van der Waals surface area contributed by atoms with E-state index in [0.717, 1.165) is 22.7 Å². The Balaban J connectivity index is 1.08. The first kappa shape index (κ1) is 34.2. The summed E-state index contributed by atoms with van der Waals surface area (Å²) < 4.78 is 42.9. The average Bonchev–Trinajstić information content (AvgIpc) is 3.48. The number of aromatic amines is 1. The van der Waals surface area contributed by atoms with Crippen LogP contribution in [0.5, 0.6) is 5.75 Å². The number of aromatic nitrogens is 4. The number of phenols is 1. The first-order valence-corrected chi connectivity index (χ1v) is 16.9. The van der Waals surface area contributed by atoms with Crippen LogP contribution in [0.25, 0.3) is 21.9 Å². The smallest absolute Gasteiger partial charge is 0.420 e. The fourth-order valence-corrected chi connectivity index (χ4v) is 7.28. The molecular formula is C35H34ClF3N8O4.